The summed E-state index contributed by atoms with van der Waals surface area (Å²) in [4.78, 5) is 29.9. The van der Waals surface area contributed by atoms with Crippen LogP contribution in [0.3, 0.4) is 0 Å². The minimum atomic E-state index is -4.61. The Balaban J connectivity index is 2.18. The second kappa shape index (κ2) is 7.61. The molecule has 0 bridgehead atoms. The second-order valence-electron chi connectivity index (χ2n) is 7.16. The van der Waals surface area contributed by atoms with Gasteiger partial charge in [0.25, 0.3) is 5.91 Å². The summed E-state index contributed by atoms with van der Waals surface area (Å²) in [5, 5.41) is 2.42. The fourth-order valence-electron chi connectivity index (χ4n) is 2.67. The molecule has 1 aromatic rings. The van der Waals surface area contributed by atoms with Gasteiger partial charge in [-0.2, -0.15) is 13.2 Å². The van der Waals surface area contributed by atoms with Gasteiger partial charge in [-0.05, 0) is 32.9 Å². The molecule has 1 aliphatic rings. The van der Waals surface area contributed by atoms with Crippen LogP contribution in [-0.4, -0.2) is 66.4 Å². The molecule has 1 saturated heterocycles. The SMILES string of the molecule is CNC(=O)c1ccc(N2CCN(C(=O)OC(C)(C)C)C(C(F)(F)F)C2)cn1. The Kier molecular flexibility index (Phi) is 5.86. The minimum absolute atomic E-state index is 0.143. The van der Waals surface area contributed by atoms with E-state index in [-0.39, 0.29) is 24.7 Å². The standard InChI is InChI=1S/C17H23F3N4O3/c1-16(2,3)27-15(26)24-8-7-23(10-13(24)17(18,19)20)11-5-6-12(22-9-11)14(25)21-4/h5-6,9,13H,7-8,10H2,1-4H3,(H,21,25). The molecule has 0 spiro atoms. The Bertz CT molecular complexity index is 686. The summed E-state index contributed by atoms with van der Waals surface area (Å²) in [5.74, 6) is -0.385. The number of aromatic nitrogens is 1. The van der Waals surface area contributed by atoms with Crippen LogP contribution in [0.4, 0.5) is 23.7 Å². The van der Waals surface area contributed by atoms with Crippen molar-refractivity contribution in [1.29, 1.82) is 0 Å². The lowest BCUT2D eigenvalue weighted by Gasteiger charge is -2.42. The highest BCUT2D eigenvalue weighted by molar-refractivity contribution is 5.92. The maximum absolute atomic E-state index is 13.5. The van der Waals surface area contributed by atoms with Crippen molar-refractivity contribution in [3.63, 3.8) is 0 Å². The first kappa shape index (κ1) is 20.8. The Morgan fingerprint density at radius 2 is 1.89 bits per heavy atom. The molecule has 2 amide bonds. The number of rotatable bonds is 2. The number of anilines is 1. The van der Waals surface area contributed by atoms with Crippen molar-refractivity contribution < 1.29 is 27.5 Å². The molecule has 10 heteroatoms. The molecule has 0 aliphatic carbocycles. The molecule has 1 atom stereocenters. The predicted molar refractivity (Wildman–Crippen MR) is 92.6 cm³/mol. The van der Waals surface area contributed by atoms with Gasteiger partial charge in [-0.15, -0.1) is 0 Å². The lowest BCUT2D eigenvalue weighted by Crippen LogP contribution is -2.61. The van der Waals surface area contributed by atoms with Crippen molar-refractivity contribution in [3.05, 3.63) is 24.0 Å². The van der Waals surface area contributed by atoms with E-state index < -0.39 is 30.5 Å². The maximum atomic E-state index is 13.5. The van der Waals surface area contributed by atoms with E-state index in [1.54, 1.807) is 20.8 Å². The summed E-state index contributed by atoms with van der Waals surface area (Å²) >= 11 is 0. The van der Waals surface area contributed by atoms with Crippen LogP contribution in [0.25, 0.3) is 0 Å². The summed E-state index contributed by atoms with van der Waals surface area (Å²) in [7, 11) is 1.46. The normalized spacial score (nSPS) is 18.3. The van der Waals surface area contributed by atoms with E-state index in [0.29, 0.717) is 10.6 Å². The highest BCUT2D eigenvalue weighted by Crippen LogP contribution is 2.31. The van der Waals surface area contributed by atoms with E-state index in [2.05, 4.69) is 10.3 Å². The summed E-state index contributed by atoms with van der Waals surface area (Å²) in [6, 6.07) is 0.977. The van der Waals surface area contributed by atoms with Crippen LogP contribution in [-0.2, 0) is 4.74 Å². The van der Waals surface area contributed by atoms with Crippen molar-refractivity contribution >= 4 is 17.7 Å². The highest BCUT2D eigenvalue weighted by atomic mass is 19.4. The van der Waals surface area contributed by atoms with Crippen LogP contribution in [0, 0.1) is 0 Å². The number of carbonyl (C=O) groups excluding carboxylic acids is 2. The lowest BCUT2D eigenvalue weighted by atomic mass is 10.1. The number of alkyl halides is 3. The molecule has 2 heterocycles. The fraction of sp³-hybridized carbons (Fsp3) is 0.588. The molecule has 1 N–H and O–H groups in total. The average molecular weight is 388 g/mol. The van der Waals surface area contributed by atoms with Gasteiger partial charge < -0.3 is 15.0 Å². The van der Waals surface area contributed by atoms with E-state index in [4.69, 9.17) is 4.74 Å². The first-order valence-electron chi connectivity index (χ1n) is 8.42. The molecule has 0 saturated carbocycles. The zero-order valence-corrected chi connectivity index (χ0v) is 15.6. The van der Waals surface area contributed by atoms with Gasteiger partial charge in [-0.1, -0.05) is 0 Å². The topological polar surface area (TPSA) is 74.8 Å². The molecule has 1 fully saturated rings. The third-order valence-corrected chi connectivity index (χ3v) is 3.96. The Hall–Kier alpha value is -2.52. The molecule has 0 aromatic carbocycles. The van der Waals surface area contributed by atoms with Gasteiger partial charge in [0, 0.05) is 26.7 Å². The number of ether oxygens (including phenoxy) is 1. The molecule has 1 unspecified atom stereocenters. The van der Waals surface area contributed by atoms with Crippen LogP contribution in [0.15, 0.2) is 18.3 Å². The Labute approximate surface area is 155 Å². The van der Waals surface area contributed by atoms with Gasteiger partial charge in [0.2, 0.25) is 0 Å². The van der Waals surface area contributed by atoms with Crippen molar-refractivity contribution in [2.24, 2.45) is 0 Å². The molecule has 27 heavy (non-hydrogen) atoms. The largest absolute Gasteiger partial charge is 0.444 e. The predicted octanol–water partition coefficient (Wildman–Crippen LogP) is 2.43. The van der Waals surface area contributed by atoms with Crippen LogP contribution in [0.2, 0.25) is 0 Å². The first-order chi connectivity index (χ1) is 12.4. The summed E-state index contributed by atoms with van der Waals surface area (Å²) in [6.07, 6.45) is -4.25. The van der Waals surface area contributed by atoms with Gasteiger partial charge in [0.05, 0.1) is 11.9 Å². The van der Waals surface area contributed by atoms with Gasteiger partial charge in [0.15, 0.2) is 0 Å². The van der Waals surface area contributed by atoms with E-state index in [0.717, 1.165) is 0 Å². The maximum Gasteiger partial charge on any atom is 0.410 e. The van der Waals surface area contributed by atoms with Gasteiger partial charge >= 0.3 is 12.3 Å². The number of nitrogens with zero attached hydrogens (tertiary/aromatic N) is 3. The summed E-state index contributed by atoms with van der Waals surface area (Å²) < 4.78 is 45.7. The average Bonchev–Trinajstić information content (AvgIpc) is 2.58. The number of nitrogens with one attached hydrogen (secondary N) is 1. The van der Waals surface area contributed by atoms with Crippen molar-refractivity contribution in [3.8, 4) is 0 Å². The van der Waals surface area contributed by atoms with E-state index >= 15 is 0 Å². The monoisotopic (exact) mass is 388 g/mol. The number of amides is 2. The second-order valence-corrected chi connectivity index (χ2v) is 7.16. The number of hydrogen-bond acceptors (Lipinski definition) is 5. The quantitative estimate of drug-likeness (QED) is 0.842. The summed E-state index contributed by atoms with van der Waals surface area (Å²) in [6.45, 7) is 4.41. The van der Waals surface area contributed by atoms with Gasteiger partial charge in [-0.25, -0.2) is 9.78 Å². The van der Waals surface area contributed by atoms with Crippen molar-refractivity contribution in [2.75, 3.05) is 31.6 Å². The van der Waals surface area contributed by atoms with Crippen LogP contribution in [0.1, 0.15) is 31.3 Å². The third-order valence-electron chi connectivity index (χ3n) is 3.96. The smallest absolute Gasteiger partial charge is 0.410 e. The molecule has 7 nitrogen and oxygen atoms in total. The summed E-state index contributed by atoms with van der Waals surface area (Å²) in [5.41, 5.74) is -0.272. The number of halogens is 3. The fourth-order valence-corrected chi connectivity index (χ4v) is 2.67. The van der Waals surface area contributed by atoms with Crippen molar-refractivity contribution in [1.82, 2.24) is 15.2 Å². The van der Waals surface area contributed by atoms with E-state index in [1.165, 1.54) is 30.3 Å². The van der Waals surface area contributed by atoms with Gasteiger partial charge in [0.1, 0.15) is 17.3 Å². The molecule has 1 aromatic heterocycles. The zero-order chi connectivity index (χ0) is 20.4. The third kappa shape index (κ3) is 5.24. The lowest BCUT2D eigenvalue weighted by molar-refractivity contribution is -0.181. The Morgan fingerprint density at radius 3 is 2.37 bits per heavy atom. The van der Waals surface area contributed by atoms with E-state index in [1.807, 2.05) is 0 Å². The molecule has 0 radical (unpaired) electrons. The molecule has 2 rings (SSSR count). The molecular weight excluding hydrogens is 365 g/mol. The minimum Gasteiger partial charge on any atom is -0.444 e. The number of piperazine rings is 1. The Morgan fingerprint density at radius 1 is 1.22 bits per heavy atom. The molecular formula is C17H23F3N4O3. The highest BCUT2D eigenvalue weighted by Gasteiger charge is 2.49. The van der Waals surface area contributed by atoms with E-state index in [9.17, 15) is 22.8 Å². The van der Waals surface area contributed by atoms with Crippen LogP contribution in [0.5, 0.6) is 0 Å². The first-order valence-corrected chi connectivity index (χ1v) is 8.42. The molecule has 1 aliphatic heterocycles. The number of pyridine rings is 1. The van der Waals surface area contributed by atoms with Crippen LogP contribution < -0.4 is 10.2 Å². The molecule has 150 valence electrons. The van der Waals surface area contributed by atoms with Crippen molar-refractivity contribution in [2.45, 2.75) is 38.6 Å². The number of hydrogen-bond donors (Lipinski definition) is 1. The zero-order valence-electron chi connectivity index (χ0n) is 15.6. The number of carbonyl (C=O) groups is 2. The van der Waals surface area contributed by atoms with Gasteiger partial charge in [-0.3, -0.25) is 9.69 Å². The van der Waals surface area contributed by atoms with Crippen LogP contribution >= 0.6 is 0 Å².